The van der Waals surface area contributed by atoms with Crippen LogP contribution in [0, 0.1) is 5.92 Å². The lowest BCUT2D eigenvalue weighted by atomic mass is 9.81. The fourth-order valence-corrected chi connectivity index (χ4v) is 2.88. The Morgan fingerprint density at radius 2 is 1.82 bits per heavy atom. The lowest BCUT2D eigenvalue weighted by molar-refractivity contribution is -0.126. The van der Waals surface area contributed by atoms with Gasteiger partial charge in [-0.25, -0.2) is 0 Å². The Bertz CT molecular complexity index is 162. The van der Waals surface area contributed by atoms with Crippen LogP contribution in [0.1, 0.15) is 60.3 Å². The Labute approximate surface area is 109 Å². The number of ether oxygens (including phenoxy) is 1. The first-order valence-corrected chi connectivity index (χ1v) is 7.53. The first-order chi connectivity index (χ1) is 8.20. The van der Waals surface area contributed by atoms with Crippen molar-refractivity contribution >= 4 is 0 Å². The molecule has 0 radical (unpaired) electrons. The normalized spacial score (nSPS) is 33.2. The van der Waals surface area contributed by atoms with Crippen molar-refractivity contribution in [3.05, 3.63) is 0 Å². The van der Waals surface area contributed by atoms with Gasteiger partial charge >= 0.3 is 0 Å². The Morgan fingerprint density at radius 1 is 1.18 bits per heavy atom. The predicted molar refractivity (Wildman–Crippen MR) is 76.5 cm³/mol. The molecular weight excluding hydrogens is 210 g/mol. The molecule has 2 fully saturated rings. The van der Waals surface area contributed by atoms with Crippen LogP contribution in [0.3, 0.4) is 0 Å². The largest absolute Gasteiger partial charge is 0.374 e. The molecule has 2 unspecified atom stereocenters. The summed E-state index contributed by atoms with van der Waals surface area (Å²) in [5.74, 6) is 0.861. The molecule has 0 aromatic carbocycles. The maximum Gasteiger partial charge on any atom is 0.0811 e. The fourth-order valence-electron chi connectivity index (χ4n) is 2.88. The summed E-state index contributed by atoms with van der Waals surface area (Å²) in [4.78, 5) is 2.42. The molecule has 0 bridgehead atoms. The van der Waals surface area contributed by atoms with Gasteiger partial charge in [-0.2, -0.15) is 0 Å². The molecule has 2 heteroatoms. The van der Waals surface area contributed by atoms with E-state index in [2.05, 4.69) is 18.9 Å². The third-order valence-corrected chi connectivity index (χ3v) is 3.47. The molecule has 2 saturated heterocycles. The van der Waals surface area contributed by atoms with E-state index in [4.69, 9.17) is 4.74 Å². The lowest BCUT2D eigenvalue weighted by Crippen LogP contribution is -2.51. The molecule has 2 aliphatic rings. The van der Waals surface area contributed by atoms with Crippen LogP contribution in [0.15, 0.2) is 0 Å². The minimum Gasteiger partial charge on any atom is -0.374 e. The van der Waals surface area contributed by atoms with Gasteiger partial charge in [0.1, 0.15) is 0 Å². The molecule has 0 saturated carbocycles. The number of rotatable bonds is 0. The van der Waals surface area contributed by atoms with E-state index in [0.29, 0.717) is 0 Å². The Morgan fingerprint density at radius 3 is 2.35 bits per heavy atom. The van der Waals surface area contributed by atoms with Crippen LogP contribution >= 0.6 is 0 Å². The molecule has 0 amide bonds. The molecule has 2 atom stereocenters. The molecule has 0 aromatic heterocycles. The second-order valence-corrected chi connectivity index (χ2v) is 4.97. The van der Waals surface area contributed by atoms with E-state index in [0.717, 1.165) is 19.1 Å². The van der Waals surface area contributed by atoms with Crippen molar-refractivity contribution in [1.82, 2.24) is 4.90 Å². The summed E-state index contributed by atoms with van der Waals surface area (Å²) in [6.45, 7) is 13.7. The summed E-state index contributed by atoms with van der Waals surface area (Å²) in [5, 5.41) is 0. The second-order valence-electron chi connectivity index (χ2n) is 4.97. The maximum absolute atomic E-state index is 6.01. The van der Waals surface area contributed by atoms with Crippen LogP contribution in [0.25, 0.3) is 0 Å². The van der Waals surface area contributed by atoms with Crippen molar-refractivity contribution in [1.29, 1.82) is 0 Å². The van der Waals surface area contributed by atoms with Crippen molar-refractivity contribution < 1.29 is 4.74 Å². The summed E-state index contributed by atoms with van der Waals surface area (Å²) in [6, 6.07) is 0. The predicted octanol–water partition coefficient (Wildman–Crippen LogP) is 3.95. The average Bonchev–Trinajstić information content (AvgIpc) is 2.33. The maximum atomic E-state index is 6.01. The van der Waals surface area contributed by atoms with Crippen molar-refractivity contribution in [2.75, 3.05) is 26.7 Å². The zero-order valence-corrected chi connectivity index (χ0v) is 12.9. The highest BCUT2D eigenvalue weighted by molar-refractivity contribution is 4.91. The molecule has 17 heavy (non-hydrogen) atoms. The van der Waals surface area contributed by atoms with E-state index in [1.165, 1.54) is 32.2 Å². The van der Waals surface area contributed by atoms with Gasteiger partial charge in [0.25, 0.3) is 0 Å². The molecular formula is C15H33NO. The van der Waals surface area contributed by atoms with Crippen molar-refractivity contribution in [2.45, 2.75) is 65.9 Å². The fraction of sp³-hybridized carbons (Fsp3) is 1.00. The van der Waals surface area contributed by atoms with Crippen LogP contribution in [0.5, 0.6) is 0 Å². The lowest BCUT2D eigenvalue weighted by Gasteiger charge is -2.45. The monoisotopic (exact) mass is 243 g/mol. The summed E-state index contributed by atoms with van der Waals surface area (Å²) in [6.07, 6.45) is 5.12. The second kappa shape index (κ2) is 8.93. The smallest absolute Gasteiger partial charge is 0.0811 e. The van der Waals surface area contributed by atoms with Gasteiger partial charge < -0.3 is 9.64 Å². The molecule has 0 N–H and O–H groups in total. The Hall–Kier alpha value is -0.0800. The average molecular weight is 243 g/mol. The standard InChI is InChI=1S/C11H21NO.2C2H6/c1-10-4-7-13-11(8-10)5-3-6-12(2)9-11;2*1-2/h10H,3-9H2,1-2H3;2*1-2H3. The highest BCUT2D eigenvalue weighted by atomic mass is 16.5. The number of likely N-dealkylation sites (N-methyl/N-ethyl adjacent to an activating group) is 1. The summed E-state index contributed by atoms with van der Waals surface area (Å²) < 4.78 is 6.01. The van der Waals surface area contributed by atoms with E-state index >= 15 is 0 Å². The highest BCUT2D eigenvalue weighted by Crippen LogP contribution is 2.35. The highest BCUT2D eigenvalue weighted by Gasteiger charge is 2.38. The molecule has 2 nitrogen and oxygen atoms in total. The van der Waals surface area contributed by atoms with Crippen LogP contribution in [0.4, 0.5) is 0 Å². The number of piperidine rings is 1. The van der Waals surface area contributed by atoms with E-state index in [1.54, 1.807) is 0 Å². The molecule has 104 valence electrons. The summed E-state index contributed by atoms with van der Waals surface area (Å²) in [5.41, 5.74) is 0.227. The van der Waals surface area contributed by atoms with Gasteiger partial charge in [0.15, 0.2) is 0 Å². The van der Waals surface area contributed by atoms with Gasteiger partial charge in [-0.3, -0.25) is 0 Å². The van der Waals surface area contributed by atoms with Gasteiger partial charge in [0, 0.05) is 13.2 Å². The SMILES string of the molecule is CC.CC.CC1CCOC2(CCCN(C)C2)C1. The number of nitrogens with zero attached hydrogens (tertiary/aromatic N) is 1. The molecule has 0 aliphatic carbocycles. The summed E-state index contributed by atoms with van der Waals surface area (Å²) in [7, 11) is 2.21. The van der Waals surface area contributed by atoms with Crippen LogP contribution in [0.2, 0.25) is 0 Å². The molecule has 2 heterocycles. The van der Waals surface area contributed by atoms with Gasteiger partial charge in [-0.05, 0) is 45.2 Å². The summed E-state index contributed by atoms with van der Waals surface area (Å²) >= 11 is 0. The van der Waals surface area contributed by atoms with Gasteiger partial charge in [-0.1, -0.05) is 34.6 Å². The van der Waals surface area contributed by atoms with Crippen LogP contribution < -0.4 is 0 Å². The van der Waals surface area contributed by atoms with E-state index in [9.17, 15) is 0 Å². The molecule has 1 spiro atoms. The number of hydrogen-bond acceptors (Lipinski definition) is 2. The van der Waals surface area contributed by atoms with Gasteiger partial charge in [-0.15, -0.1) is 0 Å². The zero-order valence-electron chi connectivity index (χ0n) is 12.9. The molecule has 2 aliphatic heterocycles. The minimum absolute atomic E-state index is 0.227. The topological polar surface area (TPSA) is 12.5 Å². The quantitative estimate of drug-likeness (QED) is 0.639. The zero-order chi connectivity index (χ0) is 13.3. The van der Waals surface area contributed by atoms with Gasteiger partial charge in [0.2, 0.25) is 0 Å². The third-order valence-electron chi connectivity index (χ3n) is 3.47. The first-order valence-electron chi connectivity index (χ1n) is 7.53. The van der Waals surface area contributed by atoms with Gasteiger partial charge in [0.05, 0.1) is 5.60 Å². The Balaban J connectivity index is 0.000000581. The van der Waals surface area contributed by atoms with Crippen molar-refractivity contribution in [3.8, 4) is 0 Å². The first kappa shape index (κ1) is 16.9. The van der Waals surface area contributed by atoms with Crippen molar-refractivity contribution in [2.24, 2.45) is 5.92 Å². The third kappa shape index (κ3) is 5.39. The van der Waals surface area contributed by atoms with Crippen molar-refractivity contribution in [3.63, 3.8) is 0 Å². The van der Waals surface area contributed by atoms with E-state index < -0.39 is 0 Å². The molecule has 2 rings (SSSR count). The number of likely N-dealkylation sites (tertiary alicyclic amines) is 1. The van der Waals surface area contributed by atoms with Crippen LogP contribution in [-0.2, 0) is 4.74 Å². The molecule has 0 aromatic rings. The van der Waals surface area contributed by atoms with E-state index in [-0.39, 0.29) is 5.60 Å². The Kier molecular flexibility index (Phi) is 8.89. The van der Waals surface area contributed by atoms with Crippen LogP contribution in [-0.4, -0.2) is 37.2 Å². The minimum atomic E-state index is 0.227. The van der Waals surface area contributed by atoms with E-state index in [1.807, 2.05) is 27.7 Å². The number of hydrogen-bond donors (Lipinski definition) is 0.